The molecular formula is C54H86O7. The molecule has 4 aliphatic rings. The van der Waals surface area contributed by atoms with E-state index in [9.17, 15) is 14.4 Å². The summed E-state index contributed by atoms with van der Waals surface area (Å²) in [5.74, 6) is 0.580. The predicted octanol–water partition coefficient (Wildman–Crippen LogP) is 14.6. The third-order valence-electron chi connectivity index (χ3n) is 13.0. The summed E-state index contributed by atoms with van der Waals surface area (Å²) in [5.41, 5.74) is 4.43. The van der Waals surface area contributed by atoms with Gasteiger partial charge in [-0.05, 0) is 102 Å². The zero-order chi connectivity index (χ0) is 43.9. The minimum Gasteiger partial charge on any atom is -0.460 e. The van der Waals surface area contributed by atoms with Gasteiger partial charge < -0.3 is 18.9 Å². The molecule has 1 unspecified atom stereocenters. The average molecular weight is 847 g/mol. The second-order valence-corrected chi connectivity index (χ2v) is 18.5. The van der Waals surface area contributed by atoms with Crippen LogP contribution in [0.1, 0.15) is 213 Å². The first-order valence-electron chi connectivity index (χ1n) is 24.9. The van der Waals surface area contributed by atoms with Crippen LogP contribution in [-0.4, -0.2) is 43.3 Å². The van der Waals surface area contributed by atoms with Crippen molar-refractivity contribution >= 4 is 17.9 Å². The molecule has 1 atom stereocenters. The average Bonchev–Trinajstić information content (AvgIpc) is 3.80. The van der Waals surface area contributed by atoms with Crippen molar-refractivity contribution in [2.45, 2.75) is 226 Å². The molecule has 1 aliphatic heterocycles. The molecule has 0 spiro atoms. The van der Waals surface area contributed by atoms with E-state index in [2.05, 4.69) is 20.1 Å². The summed E-state index contributed by atoms with van der Waals surface area (Å²) in [7, 11) is 0. The van der Waals surface area contributed by atoms with Gasteiger partial charge in [0, 0.05) is 23.3 Å². The first kappa shape index (κ1) is 52.2. The van der Waals surface area contributed by atoms with Crippen LogP contribution in [0.15, 0.2) is 65.8 Å². The van der Waals surface area contributed by atoms with Gasteiger partial charge in [-0.1, -0.05) is 171 Å². The van der Waals surface area contributed by atoms with Crippen LogP contribution in [-0.2, 0) is 39.9 Å². The Morgan fingerprint density at radius 2 is 0.934 bits per heavy atom. The summed E-state index contributed by atoms with van der Waals surface area (Å²) >= 11 is 0. The molecule has 0 aromatic heterocycles. The van der Waals surface area contributed by atoms with Gasteiger partial charge >= 0.3 is 17.9 Å². The molecule has 1 aromatic carbocycles. The Morgan fingerprint density at radius 3 is 1.34 bits per heavy atom. The van der Waals surface area contributed by atoms with Gasteiger partial charge in [0.05, 0.1) is 6.10 Å². The molecule has 1 heterocycles. The number of esters is 3. The van der Waals surface area contributed by atoms with Crippen molar-refractivity contribution in [2.24, 2.45) is 11.8 Å². The molecular weight excluding hydrogens is 761 g/mol. The highest BCUT2D eigenvalue weighted by Gasteiger charge is 2.29. The lowest BCUT2D eigenvalue weighted by Crippen LogP contribution is -2.24. The number of allylic oxidation sites excluding steroid dienone is 1. The van der Waals surface area contributed by atoms with Gasteiger partial charge in [-0.3, -0.25) is 0 Å². The first-order valence-corrected chi connectivity index (χ1v) is 24.9. The summed E-state index contributed by atoms with van der Waals surface area (Å²) in [5, 5.41) is 0. The van der Waals surface area contributed by atoms with Gasteiger partial charge in [0.2, 0.25) is 0 Å². The van der Waals surface area contributed by atoms with E-state index in [1.54, 1.807) is 19.4 Å². The number of carbonyl (C=O) groups is 3. The van der Waals surface area contributed by atoms with Crippen molar-refractivity contribution in [3.05, 3.63) is 71.3 Å². The maximum absolute atomic E-state index is 13.8. The lowest BCUT2D eigenvalue weighted by molar-refractivity contribution is -0.145. The van der Waals surface area contributed by atoms with E-state index in [-0.39, 0.29) is 30.1 Å². The number of hydrogen-bond donors (Lipinski definition) is 0. The van der Waals surface area contributed by atoms with Crippen molar-refractivity contribution in [2.75, 3.05) is 13.2 Å². The molecule has 3 saturated carbocycles. The van der Waals surface area contributed by atoms with E-state index in [0.717, 1.165) is 43.4 Å². The summed E-state index contributed by atoms with van der Waals surface area (Å²) in [6.45, 7) is 13.9. The minimum atomic E-state index is -0.344. The topological polar surface area (TPSA) is 88.1 Å². The third-order valence-corrected chi connectivity index (χ3v) is 13.0. The van der Waals surface area contributed by atoms with Gasteiger partial charge in [0.25, 0.3) is 0 Å². The van der Waals surface area contributed by atoms with E-state index in [0.29, 0.717) is 36.2 Å². The highest BCUT2D eigenvalue weighted by Crippen LogP contribution is 2.39. The van der Waals surface area contributed by atoms with Gasteiger partial charge in [0.1, 0.15) is 19.3 Å². The first-order chi connectivity index (χ1) is 29.7. The number of hydrogen-bond acceptors (Lipinski definition) is 7. The SMILES string of the molecule is C=C(C)C(=O)OCC1CCCO1.C=C(C)C(=O)OCc1ccccc1.CC(C(=O)OC1CCCCCCCCC1)=C(C1CCCCCCCCC1)C1CCCCCCCCC1. The van der Waals surface area contributed by atoms with Gasteiger partial charge in [0.15, 0.2) is 0 Å². The van der Waals surface area contributed by atoms with E-state index in [1.807, 2.05) is 30.3 Å². The fourth-order valence-corrected chi connectivity index (χ4v) is 9.35. The summed E-state index contributed by atoms with van der Waals surface area (Å²) in [4.78, 5) is 35.7. The molecule has 4 fully saturated rings. The quantitative estimate of drug-likeness (QED) is 0.132. The Kier molecular flexibility index (Phi) is 27.8. The van der Waals surface area contributed by atoms with Crippen LogP contribution in [0.5, 0.6) is 0 Å². The smallest absolute Gasteiger partial charge is 0.333 e. The predicted molar refractivity (Wildman–Crippen MR) is 250 cm³/mol. The molecule has 61 heavy (non-hydrogen) atoms. The van der Waals surface area contributed by atoms with E-state index in [4.69, 9.17) is 18.9 Å². The number of carbonyl (C=O) groups excluding carboxylic acids is 3. The maximum atomic E-state index is 13.8. The van der Waals surface area contributed by atoms with Crippen LogP contribution < -0.4 is 0 Å². The van der Waals surface area contributed by atoms with Gasteiger partial charge in [-0.15, -0.1) is 0 Å². The molecule has 344 valence electrons. The lowest BCUT2D eigenvalue weighted by Gasteiger charge is -2.31. The molecule has 1 aromatic rings. The van der Waals surface area contributed by atoms with Gasteiger partial charge in [-0.25, -0.2) is 14.4 Å². The normalized spacial score (nSPS) is 20.7. The van der Waals surface area contributed by atoms with Crippen molar-refractivity contribution in [3.8, 4) is 0 Å². The zero-order valence-electron chi connectivity index (χ0n) is 39.1. The molecule has 1 saturated heterocycles. The molecule has 5 rings (SSSR count). The molecule has 7 heteroatoms. The Labute approximate surface area is 372 Å². The Hall–Kier alpha value is -3.19. The van der Waals surface area contributed by atoms with Crippen LogP contribution in [0.4, 0.5) is 0 Å². The fourth-order valence-electron chi connectivity index (χ4n) is 9.35. The molecule has 0 radical (unpaired) electrons. The lowest BCUT2D eigenvalue weighted by atomic mass is 9.74. The standard InChI is InChI=1S/C34H60O2.C11H12O2.C9H14O3/c1-29(34(35)36-32-27-21-15-9-4-10-16-22-28-32)33(30-23-17-11-5-2-6-12-18-24-30)31-25-19-13-7-3-8-14-20-26-31;1-9(2)11(12)13-8-10-6-4-3-5-7-10;1-7(2)9(10)12-6-8-4-3-5-11-8/h30-32H,2-28H2,1H3;3-7H,1,8H2,2H3;8H,1,3-6H2,2H3. The Bertz CT molecular complexity index is 1370. The van der Waals surface area contributed by atoms with E-state index < -0.39 is 0 Å². The summed E-state index contributed by atoms with van der Waals surface area (Å²) in [6, 6.07) is 9.55. The largest absolute Gasteiger partial charge is 0.460 e. The monoisotopic (exact) mass is 847 g/mol. The highest BCUT2D eigenvalue weighted by molar-refractivity contribution is 5.89. The van der Waals surface area contributed by atoms with Crippen molar-refractivity contribution in [1.82, 2.24) is 0 Å². The van der Waals surface area contributed by atoms with Crippen LogP contribution >= 0.6 is 0 Å². The van der Waals surface area contributed by atoms with Crippen molar-refractivity contribution < 1.29 is 33.3 Å². The zero-order valence-corrected chi connectivity index (χ0v) is 39.1. The molecule has 7 nitrogen and oxygen atoms in total. The van der Waals surface area contributed by atoms with E-state index in [1.165, 1.54) is 161 Å². The Morgan fingerprint density at radius 1 is 0.525 bits per heavy atom. The Balaban J connectivity index is 0.000000321. The number of ether oxygens (including phenoxy) is 4. The minimum absolute atomic E-state index is 0.0428. The highest BCUT2D eigenvalue weighted by atomic mass is 16.6. The second-order valence-electron chi connectivity index (χ2n) is 18.5. The number of benzene rings is 1. The summed E-state index contributed by atoms with van der Waals surface area (Å²) in [6.07, 6.45) is 38.0. The van der Waals surface area contributed by atoms with Crippen LogP contribution in [0, 0.1) is 11.8 Å². The van der Waals surface area contributed by atoms with Crippen LogP contribution in [0.25, 0.3) is 0 Å². The fraction of sp³-hybridized carbons (Fsp3) is 0.722. The van der Waals surface area contributed by atoms with Crippen LogP contribution in [0.3, 0.4) is 0 Å². The van der Waals surface area contributed by atoms with E-state index >= 15 is 0 Å². The number of rotatable bonds is 10. The molecule has 3 aliphatic carbocycles. The molecule has 0 amide bonds. The van der Waals surface area contributed by atoms with Crippen molar-refractivity contribution in [1.29, 1.82) is 0 Å². The summed E-state index contributed by atoms with van der Waals surface area (Å²) < 4.78 is 21.5. The van der Waals surface area contributed by atoms with Crippen molar-refractivity contribution in [3.63, 3.8) is 0 Å². The maximum Gasteiger partial charge on any atom is 0.333 e. The van der Waals surface area contributed by atoms with Gasteiger partial charge in [-0.2, -0.15) is 0 Å². The third kappa shape index (κ3) is 23.2. The molecule has 0 N–H and O–H groups in total. The second kappa shape index (κ2) is 32.5. The molecule has 0 bridgehead atoms. The van der Waals surface area contributed by atoms with Crippen LogP contribution in [0.2, 0.25) is 0 Å².